The first kappa shape index (κ1) is 15.0. The normalized spacial score (nSPS) is 9.95. The van der Waals surface area contributed by atoms with E-state index in [0.717, 1.165) is 11.1 Å². The number of hydrogen-bond acceptors (Lipinski definition) is 4. The Labute approximate surface area is 113 Å². The molecule has 5 heteroatoms. The first-order chi connectivity index (χ1) is 8.90. The maximum atomic E-state index is 12.0. The lowest BCUT2D eigenvalue weighted by Crippen LogP contribution is -2.29. The van der Waals surface area contributed by atoms with Gasteiger partial charge in [-0.2, -0.15) is 0 Å². The van der Waals surface area contributed by atoms with E-state index in [1.54, 1.807) is 14.2 Å². The van der Waals surface area contributed by atoms with Crippen molar-refractivity contribution < 1.29 is 19.1 Å². The number of carbonyl (C=O) groups is 2. The maximum absolute atomic E-state index is 12.0. The molecule has 0 atom stereocenters. The Bertz CT molecular complexity index is 496. The third-order valence-corrected chi connectivity index (χ3v) is 2.86. The summed E-state index contributed by atoms with van der Waals surface area (Å²) in [5, 5.41) is 0. The molecule has 0 aliphatic rings. The van der Waals surface area contributed by atoms with Crippen LogP contribution in [0.2, 0.25) is 0 Å². The van der Waals surface area contributed by atoms with Crippen molar-refractivity contribution in [2.75, 3.05) is 26.2 Å². The fourth-order valence-electron chi connectivity index (χ4n) is 1.90. The van der Waals surface area contributed by atoms with Crippen LogP contribution in [-0.4, -0.2) is 33.1 Å². The zero-order valence-corrected chi connectivity index (χ0v) is 11.9. The molecule has 104 valence electrons. The highest BCUT2D eigenvalue weighted by Crippen LogP contribution is 2.32. The summed E-state index contributed by atoms with van der Waals surface area (Å²) in [5.74, 6) is -0.262. The van der Waals surface area contributed by atoms with Crippen LogP contribution in [-0.2, 0) is 14.3 Å². The van der Waals surface area contributed by atoms with Crippen LogP contribution in [0.25, 0.3) is 0 Å². The standard InChI is InChI=1S/C14H19NO4/c1-9-6-10(2)14(19-5)11(7-9)15(3)12(16)8-13(17)18-4/h6-7H,8H2,1-5H3. The molecule has 1 amide bonds. The number of anilines is 1. The largest absolute Gasteiger partial charge is 0.494 e. The quantitative estimate of drug-likeness (QED) is 0.615. The minimum atomic E-state index is -0.555. The highest BCUT2D eigenvalue weighted by atomic mass is 16.5. The first-order valence-electron chi connectivity index (χ1n) is 5.89. The number of benzene rings is 1. The van der Waals surface area contributed by atoms with Crippen LogP contribution in [0, 0.1) is 13.8 Å². The van der Waals surface area contributed by atoms with Crippen molar-refractivity contribution in [3.8, 4) is 5.75 Å². The minimum Gasteiger partial charge on any atom is -0.494 e. The van der Waals surface area contributed by atoms with E-state index in [-0.39, 0.29) is 12.3 Å². The maximum Gasteiger partial charge on any atom is 0.315 e. The van der Waals surface area contributed by atoms with Crippen molar-refractivity contribution in [2.24, 2.45) is 0 Å². The number of amides is 1. The van der Waals surface area contributed by atoms with E-state index < -0.39 is 5.97 Å². The Morgan fingerprint density at radius 3 is 2.37 bits per heavy atom. The molecule has 0 unspecified atom stereocenters. The lowest BCUT2D eigenvalue weighted by Gasteiger charge is -2.21. The molecule has 0 heterocycles. The molecule has 0 aliphatic carbocycles. The molecule has 0 bridgehead atoms. The summed E-state index contributed by atoms with van der Waals surface area (Å²) in [6, 6.07) is 3.82. The van der Waals surface area contributed by atoms with Crippen molar-refractivity contribution in [2.45, 2.75) is 20.3 Å². The van der Waals surface area contributed by atoms with Gasteiger partial charge in [0.15, 0.2) is 0 Å². The SMILES string of the molecule is COC(=O)CC(=O)N(C)c1cc(C)cc(C)c1OC. The number of hydrogen-bond donors (Lipinski definition) is 0. The van der Waals surface area contributed by atoms with Gasteiger partial charge in [-0.05, 0) is 31.0 Å². The Balaban J connectivity index is 3.08. The van der Waals surface area contributed by atoms with Gasteiger partial charge in [0.25, 0.3) is 0 Å². The van der Waals surface area contributed by atoms with Crippen molar-refractivity contribution in [1.29, 1.82) is 0 Å². The van der Waals surface area contributed by atoms with Crippen LogP contribution in [0.15, 0.2) is 12.1 Å². The Kier molecular flexibility index (Phi) is 4.92. The smallest absolute Gasteiger partial charge is 0.315 e. The molecule has 5 nitrogen and oxygen atoms in total. The second-order valence-electron chi connectivity index (χ2n) is 4.34. The van der Waals surface area contributed by atoms with Crippen LogP contribution in [0.4, 0.5) is 5.69 Å². The highest BCUT2D eigenvalue weighted by molar-refractivity contribution is 6.04. The average molecular weight is 265 g/mol. The Morgan fingerprint density at radius 2 is 1.84 bits per heavy atom. The number of nitrogens with zero attached hydrogens (tertiary/aromatic N) is 1. The van der Waals surface area contributed by atoms with E-state index in [9.17, 15) is 9.59 Å². The van der Waals surface area contributed by atoms with Gasteiger partial charge in [0.05, 0.1) is 19.9 Å². The highest BCUT2D eigenvalue weighted by Gasteiger charge is 2.20. The molecular weight excluding hydrogens is 246 g/mol. The molecule has 0 aromatic heterocycles. The van der Waals surface area contributed by atoms with E-state index in [2.05, 4.69) is 4.74 Å². The molecule has 1 aromatic rings. The zero-order valence-electron chi connectivity index (χ0n) is 11.9. The third-order valence-electron chi connectivity index (χ3n) is 2.86. The van der Waals surface area contributed by atoms with Gasteiger partial charge < -0.3 is 14.4 Å². The van der Waals surface area contributed by atoms with Gasteiger partial charge in [-0.1, -0.05) is 6.07 Å². The van der Waals surface area contributed by atoms with E-state index in [1.807, 2.05) is 26.0 Å². The van der Waals surface area contributed by atoms with Crippen LogP contribution in [0.1, 0.15) is 17.5 Å². The number of aryl methyl sites for hydroxylation is 2. The molecule has 0 aliphatic heterocycles. The van der Waals surface area contributed by atoms with Crippen LogP contribution >= 0.6 is 0 Å². The van der Waals surface area contributed by atoms with Crippen molar-refractivity contribution in [3.05, 3.63) is 23.3 Å². The fourth-order valence-corrected chi connectivity index (χ4v) is 1.90. The van der Waals surface area contributed by atoms with Gasteiger partial charge in [-0.25, -0.2) is 0 Å². The number of methoxy groups -OCH3 is 2. The number of rotatable bonds is 4. The summed E-state index contributed by atoms with van der Waals surface area (Å²) >= 11 is 0. The number of ether oxygens (including phenoxy) is 2. The summed E-state index contributed by atoms with van der Waals surface area (Å²) in [7, 11) is 4.43. The average Bonchev–Trinajstić information content (AvgIpc) is 2.36. The monoisotopic (exact) mass is 265 g/mol. The fraction of sp³-hybridized carbons (Fsp3) is 0.429. The second-order valence-corrected chi connectivity index (χ2v) is 4.34. The van der Waals surface area contributed by atoms with Crippen LogP contribution in [0.5, 0.6) is 5.75 Å². The van der Waals surface area contributed by atoms with Crippen molar-refractivity contribution in [1.82, 2.24) is 0 Å². The van der Waals surface area contributed by atoms with E-state index in [0.29, 0.717) is 11.4 Å². The molecule has 1 aromatic carbocycles. The summed E-state index contributed by atoms with van der Waals surface area (Å²) in [6.07, 6.45) is -0.289. The van der Waals surface area contributed by atoms with Crippen molar-refractivity contribution in [3.63, 3.8) is 0 Å². The first-order valence-corrected chi connectivity index (χ1v) is 5.89. The Morgan fingerprint density at radius 1 is 1.21 bits per heavy atom. The van der Waals surface area contributed by atoms with Crippen molar-refractivity contribution >= 4 is 17.6 Å². The summed E-state index contributed by atoms with van der Waals surface area (Å²) < 4.78 is 9.82. The van der Waals surface area contributed by atoms with E-state index >= 15 is 0 Å². The summed E-state index contributed by atoms with van der Waals surface area (Å²) in [5.41, 5.74) is 2.61. The molecule has 0 saturated carbocycles. The number of carbonyl (C=O) groups excluding carboxylic acids is 2. The predicted octanol–water partition coefficient (Wildman–Crippen LogP) is 1.84. The molecule has 0 spiro atoms. The molecular formula is C14H19NO4. The second kappa shape index (κ2) is 6.22. The van der Waals surface area contributed by atoms with Gasteiger partial charge >= 0.3 is 5.97 Å². The summed E-state index contributed by atoms with van der Waals surface area (Å²) in [4.78, 5) is 24.5. The molecule has 0 saturated heterocycles. The van der Waals surface area contributed by atoms with E-state index in [4.69, 9.17) is 4.74 Å². The molecule has 19 heavy (non-hydrogen) atoms. The van der Waals surface area contributed by atoms with E-state index in [1.165, 1.54) is 12.0 Å². The molecule has 1 rings (SSSR count). The molecule has 0 N–H and O–H groups in total. The molecule has 0 fully saturated rings. The predicted molar refractivity (Wildman–Crippen MR) is 72.5 cm³/mol. The van der Waals surface area contributed by atoms with Gasteiger partial charge in [-0.15, -0.1) is 0 Å². The molecule has 0 radical (unpaired) electrons. The lowest BCUT2D eigenvalue weighted by molar-refractivity contribution is -0.143. The van der Waals surface area contributed by atoms with Crippen LogP contribution in [0.3, 0.4) is 0 Å². The zero-order chi connectivity index (χ0) is 14.6. The lowest BCUT2D eigenvalue weighted by atomic mass is 10.1. The summed E-state index contributed by atoms with van der Waals surface area (Å²) in [6.45, 7) is 3.85. The topological polar surface area (TPSA) is 55.8 Å². The van der Waals surface area contributed by atoms with Crippen LogP contribution < -0.4 is 9.64 Å². The van der Waals surface area contributed by atoms with Gasteiger partial charge in [0.2, 0.25) is 5.91 Å². The van der Waals surface area contributed by atoms with Gasteiger partial charge in [0, 0.05) is 7.05 Å². The number of esters is 1. The Hall–Kier alpha value is -2.04. The third kappa shape index (κ3) is 3.47. The van der Waals surface area contributed by atoms with Gasteiger partial charge in [0.1, 0.15) is 12.2 Å². The minimum absolute atomic E-state index is 0.289. The van der Waals surface area contributed by atoms with Gasteiger partial charge in [-0.3, -0.25) is 9.59 Å².